The van der Waals surface area contributed by atoms with Crippen LogP contribution >= 0.6 is 0 Å². The molecule has 1 saturated carbocycles. The Labute approximate surface area is 128 Å². The molecule has 1 N–H and O–H groups in total. The molecule has 0 spiro atoms. The summed E-state index contributed by atoms with van der Waals surface area (Å²) in [7, 11) is 0. The maximum Gasteiger partial charge on any atom is 0.0422 e. The summed E-state index contributed by atoms with van der Waals surface area (Å²) in [6.45, 7) is 4.78. The van der Waals surface area contributed by atoms with Crippen LogP contribution in [0.5, 0.6) is 0 Å². The van der Waals surface area contributed by atoms with Gasteiger partial charge in [0.1, 0.15) is 0 Å². The molecule has 2 aromatic rings. The Morgan fingerprint density at radius 2 is 1.52 bits per heavy atom. The molecule has 0 aromatic heterocycles. The lowest BCUT2D eigenvalue weighted by Crippen LogP contribution is -2.30. The Balaban J connectivity index is 1.80. The summed E-state index contributed by atoms with van der Waals surface area (Å²) >= 11 is 0. The molecule has 3 rings (SSSR count). The molecule has 1 heteroatoms. The molecule has 110 valence electrons. The Morgan fingerprint density at radius 1 is 0.810 bits per heavy atom. The number of para-hydroxylation sites is 1. The molecule has 0 bridgehead atoms. The highest BCUT2D eigenvalue weighted by Crippen LogP contribution is 2.34. The van der Waals surface area contributed by atoms with Crippen LogP contribution in [0.4, 0.5) is 5.69 Å². The van der Waals surface area contributed by atoms with Gasteiger partial charge in [-0.25, -0.2) is 0 Å². The van der Waals surface area contributed by atoms with E-state index in [1.54, 1.807) is 0 Å². The number of hydrogen-bond acceptors (Lipinski definition) is 1. The van der Waals surface area contributed by atoms with Crippen molar-refractivity contribution in [2.45, 2.75) is 39.2 Å². The van der Waals surface area contributed by atoms with Crippen molar-refractivity contribution in [3.8, 4) is 11.1 Å². The monoisotopic (exact) mass is 279 g/mol. The maximum absolute atomic E-state index is 3.80. The standard InChI is InChI=1S/C20H25N/c1-15-12-13-18(14-16(15)2)21-20-11-7-6-10-19(20)17-8-4-3-5-9-17/h3-11,15-16,18,21H,12-14H2,1-2H3. The van der Waals surface area contributed by atoms with Gasteiger partial charge in [0.05, 0.1) is 0 Å². The van der Waals surface area contributed by atoms with Crippen LogP contribution in [-0.2, 0) is 0 Å². The summed E-state index contributed by atoms with van der Waals surface area (Å²) in [6.07, 6.45) is 3.91. The first-order valence-corrected chi connectivity index (χ1v) is 8.15. The fourth-order valence-electron chi connectivity index (χ4n) is 3.38. The lowest BCUT2D eigenvalue weighted by Gasteiger charge is -2.33. The molecular formula is C20H25N. The molecule has 3 unspecified atom stereocenters. The maximum atomic E-state index is 3.80. The number of nitrogens with one attached hydrogen (secondary N) is 1. The second kappa shape index (κ2) is 6.34. The third-order valence-corrected chi connectivity index (χ3v) is 4.97. The van der Waals surface area contributed by atoms with Gasteiger partial charge in [-0.3, -0.25) is 0 Å². The van der Waals surface area contributed by atoms with Crippen molar-refractivity contribution in [2.24, 2.45) is 11.8 Å². The zero-order chi connectivity index (χ0) is 14.7. The molecule has 0 radical (unpaired) electrons. The Morgan fingerprint density at radius 3 is 2.29 bits per heavy atom. The normalized spacial score (nSPS) is 25.5. The molecule has 2 aromatic carbocycles. The fraction of sp³-hybridized carbons (Fsp3) is 0.400. The van der Waals surface area contributed by atoms with Crippen molar-refractivity contribution in [1.29, 1.82) is 0 Å². The first kappa shape index (κ1) is 14.2. The van der Waals surface area contributed by atoms with Crippen molar-refractivity contribution in [3.05, 3.63) is 54.6 Å². The number of hydrogen-bond donors (Lipinski definition) is 1. The van der Waals surface area contributed by atoms with Gasteiger partial charge in [-0.2, -0.15) is 0 Å². The fourth-order valence-corrected chi connectivity index (χ4v) is 3.38. The van der Waals surface area contributed by atoms with Crippen LogP contribution in [0.15, 0.2) is 54.6 Å². The summed E-state index contributed by atoms with van der Waals surface area (Å²) in [6, 6.07) is 20.0. The highest BCUT2D eigenvalue weighted by Gasteiger charge is 2.24. The van der Waals surface area contributed by atoms with Crippen molar-refractivity contribution in [3.63, 3.8) is 0 Å². The Bertz CT molecular complexity index is 575. The predicted molar refractivity (Wildman–Crippen MR) is 91.5 cm³/mol. The highest BCUT2D eigenvalue weighted by atomic mass is 14.9. The first-order valence-electron chi connectivity index (χ1n) is 8.15. The van der Waals surface area contributed by atoms with E-state index < -0.39 is 0 Å². The minimum Gasteiger partial charge on any atom is -0.382 e. The second-order valence-electron chi connectivity index (χ2n) is 6.52. The van der Waals surface area contributed by atoms with E-state index in [0.29, 0.717) is 6.04 Å². The summed E-state index contributed by atoms with van der Waals surface area (Å²) in [4.78, 5) is 0. The van der Waals surface area contributed by atoms with Gasteiger partial charge in [-0.05, 0) is 42.7 Å². The lowest BCUT2D eigenvalue weighted by atomic mass is 9.79. The summed E-state index contributed by atoms with van der Waals surface area (Å²) < 4.78 is 0. The Hall–Kier alpha value is -1.76. The SMILES string of the molecule is CC1CCC(Nc2ccccc2-c2ccccc2)CC1C. The van der Waals surface area contributed by atoms with E-state index >= 15 is 0 Å². The summed E-state index contributed by atoms with van der Waals surface area (Å²) in [5.41, 5.74) is 3.87. The lowest BCUT2D eigenvalue weighted by molar-refractivity contribution is 0.261. The van der Waals surface area contributed by atoms with Crippen LogP contribution in [-0.4, -0.2) is 6.04 Å². The molecule has 0 saturated heterocycles. The predicted octanol–water partition coefficient (Wildman–Crippen LogP) is 5.59. The van der Waals surface area contributed by atoms with E-state index in [0.717, 1.165) is 11.8 Å². The van der Waals surface area contributed by atoms with Crippen molar-refractivity contribution in [1.82, 2.24) is 0 Å². The van der Waals surface area contributed by atoms with Gasteiger partial charge in [0.15, 0.2) is 0 Å². The quantitative estimate of drug-likeness (QED) is 0.772. The van der Waals surface area contributed by atoms with Crippen LogP contribution in [0.3, 0.4) is 0 Å². The van der Waals surface area contributed by atoms with Gasteiger partial charge >= 0.3 is 0 Å². The van der Waals surface area contributed by atoms with Gasteiger partial charge < -0.3 is 5.32 Å². The molecule has 0 amide bonds. The number of anilines is 1. The number of benzene rings is 2. The molecule has 1 fully saturated rings. The highest BCUT2D eigenvalue weighted by molar-refractivity contribution is 5.77. The van der Waals surface area contributed by atoms with E-state index in [1.807, 2.05) is 0 Å². The molecule has 21 heavy (non-hydrogen) atoms. The van der Waals surface area contributed by atoms with Gasteiger partial charge in [-0.15, -0.1) is 0 Å². The molecular weight excluding hydrogens is 254 g/mol. The average molecular weight is 279 g/mol. The number of rotatable bonds is 3. The van der Waals surface area contributed by atoms with Crippen LogP contribution in [0.25, 0.3) is 11.1 Å². The van der Waals surface area contributed by atoms with E-state index in [4.69, 9.17) is 0 Å². The van der Waals surface area contributed by atoms with E-state index in [2.05, 4.69) is 73.8 Å². The molecule has 1 nitrogen and oxygen atoms in total. The van der Waals surface area contributed by atoms with Gasteiger partial charge in [0, 0.05) is 17.3 Å². The third-order valence-electron chi connectivity index (χ3n) is 4.97. The van der Waals surface area contributed by atoms with Gasteiger partial charge in [-0.1, -0.05) is 62.4 Å². The topological polar surface area (TPSA) is 12.0 Å². The smallest absolute Gasteiger partial charge is 0.0422 e. The van der Waals surface area contributed by atoms with Crippen LogP contribution in [0.1, 0.15) is 33.1 Å². The van der Waals surface area contributed by atoms with E-state index in [1.165, 1.54) is 36.1 Å². The zero-order valence-electron chi connectivity index (χ0n) is 13.0. The largest absolute Gasteiger partial charge is 0.382 e. The molecule has 3 atom stereocenters. The third kappa shape index (κ3) is 3.29. The van der Waals surface area contributed by atoms with Crippen molar-refractivity contribution < 1.29 is 0 Å². The zero-order valence-corrected chi connectivity index (χ0v) is 13.0. The van der Waals surface area contributed by atoms with E-state index in [-0.39, 0.29) is 0 Å². The van der Waals surface area contributed by atoms with Crippen LogP contribution in [0.2, 0.25) is 0 Å². The Kier molecular flexibility index (Phi) is 4.28. The van der Waals surface area contributed by atoms with Gasteiger partial charge in [0.25, 0.3) is 0 Å². The van der Waals surface area contributed by atoms with Crippen LogP contribution < -0.4 is 5.32 Å². The summed E-state index contributed by atoms with van der Waals surface area (Å²) in [5, 5.41) is 3.80. The first-order chi connectivity index (χ1) is 10.2. The average Bonchev–Trinajstić information content (AvgIpc) is 2.52. The second-order valence-corrected chi connectivity index (χ2v) is 6.52. The molecule has 1 aliphatic rings. The van der Waals surface area contributed by atoms with Crippen LogP contribution in [0, 0.1) is 11.8 Å². The van der Waals surface area contributed by atoms with Gasteiger partial charge in [0.2, 0.25) is 0 Å². The molecule has 0 heterocycles. The van der Waals surface area contributed by atoms with Crippen molar-refractivity contribution >= 4 is 5.69 Å². The summed E-state index contributed by atoms with van der Waals surface area (Å²) in [5.74, 6) is 1.69. The van der Waals surface area contributed by atoms with Crippen molar-refractivity contribution in [2.75, 3.05) is 5.32 Å². The molecule has 0 aliphatic heterocycles. The minimum absolute atomic E-state index is 0.612. The van der Waals surface area contributed by atoms with E-state index in [9.17, 15) is 0 Å². The minimum atomic E-state index is 0.612. The molecule has 1 aliphatic carbocycles.